The number of hydrogen-bond acceptors (Lipinski definition) is 6. The molecule has 30 heavy (non-hydrogen) atoms. The summed E-state index contributed by atoms with van der Waals surface area (Å²) in [6.45, 7) is 2.75. The fraction of sp³-hybridized carbons (Fsp3) is 0.174. The number of nitro groups is 1. The second-order valence-corrected chi connectivity index (χ2v) is 7.14. The van der Waals surface area contributed by atoms with Gasteiger partial charge < -0.3 is 14.1 Å². The number of non-ortho nitro benzene ring substituents is 1. The molecule has 1 aliphatic heterocycles. The Kier molecular flexibility index (Phi) is 4.65. The highest BCUT2D eigenvalue weighted by Crippen LogP contribution is 2.31. The molecule has 0 amide bonds. The van der Waals surface area contributed by atoms with Crippen molar-refractivity contribution in [2.75, 3.05) is 31.2 Å². The van der Waals surface area contributed by atoms with Crippen LogP contribution in [-0.2, 0) is 4.74 Å². The van der Waals surface area contributed by atoms with Crippen LogP contribution in [0.25, 0.3) is 21.9 Å². The predicted octanol–water partition coefficient (Wildman–Crippen LogP) is 5.08. The van der Waals surface area contributed by atoms with Crippen LogP contribution in [0.3, 0.4) is 0 Å². The summed E-state index contributed by atoms with van der Waals surface area (Å²) in [6, 6.07) is 18.6. The lowest BCUT2D eigenvalue weighted by molar-refractivity contribution is -0.384. The molecule has 7 nitrogen and oxygen atoms in total. The van der Waals surface area contributed by atoms with Gasteiger partial charge in [0.2, 0.25) is 0 Å². The average molecular weight is 401 g/mol. The molecule has 150 valence electrons. The lowest BCUT2D eigenvalue weighted by atomic mass is 10.1. The molecule has 0 spiro atoms. The fourth-order valence-electron chi connectivity index (χ4n) is 3.79. The zero-order chi connectivity index (χ0) is 20.5. The highest BCUT2D eigenvalue weighted by Gasteiger charge is 2.17. The molecule has 3 aromatic carbocycles. The van der Waals surface area contributed by atoms with Crippen molar-refractivity contribution in [2.24, 2.45) is 4.99 Å². The summed E-state index contributed by atoms with van der Waals surface area (Å²) in [4.78, 5) is 17.6. The Labute approximate surface area is 172 Å². The van der Waals surface area contributed by atoms with E-state index in [-0.39, 0.29) is 10.6 Å². The maximum absolute atomic E-state index is 11.3. The monoisotopic (exact) mass is 401 g/mol. The number of hydrogen-bond donors (Lipinski definition) is 0. The van der Waals surface area contributed by atoms with Gasteiger partial charge in [0.1, 0.15) is 11.2 Å². The molecule has 0 radical (unpaired) electrons. The molecule has 5 rings (SSSR count). The van der Waals surface area contributed by atoms with Crippen molar-refractivity contribution in [3.05, 3.63) is 76.3 Å². The van der Waals surface area contributed by atoms with Crippen molar-refractivity contribution in [3.63, 3.8) is 0 Å². The molecule has 1 aromatic heterocycles. The number of benzene rings is 3. The third-order valence-electron chi connectivity index (χ3n) is 5.29. The van der Waals surface area contributed by atoms with Crippen molar-refractivity contribution in [1.82, 2.24) is 0 Å². The number of nitrogens with zero attached hydrogens (tertiary/aromatic N) is 3. The molecule has 0 bridgehead atoms. The number of fused-ring (bicyclic) bond motifs is 3. The van der Waals surface area contributed by atoms with E-state index in [9.17, 15) is 10.1 Å². The Morgan fingerprint density at radius 1 is 0.967 bits per heavy atom. The minimum atomic E-state index is -0.388. The first-order valence-electron chi connectivity index (χ1n) is 9.75. The second-order valence-electron chi connectivity index (χ2n) is 7.14. The maximum atomic E-state index is 11.3. The lowest BCUT2D eigenvalue weighted by Crippen LogP contribution is -2.36. The molecule has 0 aliphatic carbocycles. The van der Waals surface area contributed by atoms with E-state index in [1.54, 1.807) is 18.3 Å². The third kappa shape index (κ3) is 3.40. The number of ether oxygens (including phenoxy) is 1. The van der Waals surface area contributed by atoms with Crippen LogP contribution in [0, 0.1) is 10.1 Å². The zero-order valence-electron chi connectivity index (χ0n) is 16.2. The van der Waals surface area contributed by atoms with Gasteiger partial charge in [0, 0.05) is 59.5 Å². The quantitative estimate of drug-likeness (QED) is 0.271. The Bertz CT molecular complexity index is 1270. The number of furan rings is 1. The topological polar surface area (TPSA) is 81.1 Å². The van der Waals surface area contributed by atoms with Crippen molar-refractivity contribution in [1.29, 1.82) is 0 Å². The van der Waals surface area contributed by atoms with E-state index in [2.05, 4.69) is 9.89 Å². The average Bonchev–Trinajstić information content (AvgIpc) is 3.16. The van der Waals surface area contributed by atoms with Gasteiger partial charge in [0.15, 0.2) is 0 Å². The van der Waals surface area contributed by atoms with Gasteiger partial charge in [-0.05, 0) is 24.3 Å². The fourth-order valence-corrected chi connectivity index (χ4v) is 3.79. The Morgan fingerprint density at radius 2 is 1.77 bits per heavy atom. The zero-order valence-corrected chi connectivity index (χ0v) is 16.2. The van der Waals surface area contributed by atoms with Crippen molar-refractivity contribution < 1.29 is 14.1 Å². The molecule has 0 saturated carbocycles. The molecule has 7 heteroatoms. The van der Waals surface area contributed by atoms with Gasteiger partial charge in [-0.15, -0.1) is 0 Å². The molecule has 1 fully saturated rings. The van der Waals surface area contributed by atoms with Gasteiger partial charge in [-0.3, -0.25) is 15.1 Å². The van der Waals surface area contributed by atoms with E-state index in [4.69, 9.17) is 9.15 Å². The predicted molar refractivity (Wildman–Crippen MR) is 117 cm³/mol. The summed E-state index contributed by atoms with van der Waals surface area (Å²) < 4.78 is 11.4. The molecule has 0 N–H and O–H groups in total. The van der Waals surface area contributed by atoms with Crippen LogP contribution in [0.1, 0.15) is 5.56 Å². The van der Waals surface area contributed by atoms with Crippen molar-refractivity contribution in [2.45, 2.75) is 0 Å². The minimum Gasteiger partial charge on any atom is -0.456 e. The number of morpholine rings is 1. The van der Waals surface area contributed by atoms with Gasteiger partial charge in [0.25, 0.3) is 5.69 Å². The normalized spacial score (nSPS) is 14.7. The summed E-state index contributed by atoms with van der Waals surface area (Å²) >= 11 is 0. The number of anilines is 1. The van der Waals surface area contributed by atoms with Crippen LogP contribution in [0.15, 0.2) is 70.1 Å². The summed E-state index contributed by atoms with van der Waals surface area (Å²) in [5, 5.41) is 13.4. The van der Waals surface area contributed by atoms with E-state index in [0.29, 0.717) is 18.8 Å². The first-order chi connectivity index (χ1) is 14.7. The SMILES string of the molecule is O=[N+]([O-])c1ccc(N2CCOCC2)c(C=Nc2ccc3c(c2)oc2ccccc23)c1. The van der Waals surface area contributed by atoms with Crippen molar-refractivity contribution >= 4 is 45.2 Å². The summed E-state index contributed by atoms with van der Waals surface area (Å²) in [6.07, 6.45) is 1.68. The van der Waals surface area contributed by atoms with Crippen LogP contribution in [0.4, 0.5) is 17.1 Å². The Hall–Kier alpha value is -3.71. The van der Waals surface area contributed by atoms with Gasteiger partial charge in [-0.25, -0.2) is 0 Å². The highest BCUT2D eigenvalue weighted by atomic mass is 16.6. The number of aliphatic imine (C=N–C) groups is 1. The van der Waals surface area contributed by atoms with Crippen molar-refractivity contribution in [3.8, 4) is 0 Å². The largest absolute Gasteiger partial charge is 0.456 e. The standard InChI is InChI=1S/C23H19N3O4/c27-26(28)18-6-8-21(25-9-11-29-12-10-25)16(13-18)15-24-17-5-7-20-19-3-1-2-4-22(19)30-23(20)14-17/h1-8,13-15H,9-12H2. The summed E-state index contributed by atoms with van der Waals surface area (Å²) in [5.41, 5.74) is 3.98. The molecular weight excluding hydrogens is 382 g/mol. The molecule has 1 aliphatic rings. The first kappa shape index (κ1) is 18.3. The first-order valence-corrected chi connectivity index (χ1v) is 9.75. The molecule has 1 saturated heterocycles. The third-order valence-corrected chi connectivity index (χ3v) is 5.29. The van der Waals surface area contributed by atoms with Gasteiger partial charge >= 0.3 is 0 Å². The Morgan fingerprint density at radius 3 is 2.60 bits per heavy atom. The molecular formula is C23H19N3O4. The van der Waals surface area contributed by atoms with E-state index in [0.717, 1.165) is 46.4 Å². The van der Waals surface area contributed by atoms with Crippen LogP contribution in [0.2, 0.25) is 0 Å². The van der Waals surface area contributed by atoms with Crippen LogP contribution >= 0.6 is 0 Å². The van der Waals surface area contributed by atoms with Gasteiger partial charge in [-0.1, -0.05) is 18.2 Å². The maximum Gasteiger partial charge on any atom is 0.270 e. The Balaban J connectivity index is 1.52. The van der Waals surface area contributed by atoms with E-state index < -0.39 is 0 Å². The number of rotatable bonds is 4. The number of nitro benzene ring substituents is 1. The molecule has 4 aromatic rings. The minimum absolute atomic E-state index is 0.0428. The molecule has 0 atom stereocenters. The summed E-state index contributed by atoms with van der Waals surface area (Å²) in [5.74, 6) is 0. The van der Waals surface area contributed by atoms with E-state index >= 15 is 0 Å². The summed E-state index contributed by atoms with van der Waals surface area (Å²) in [7, 11) is 0. The van der Waals surface area contributed by atoms with Crippen LogP contribution < -0.4 is 4.90 Å². The number of para-hydroxylation sites is 1. The van der Waals surface area contributed by atoms with E-state index in [1.165, 1.54) is 6.07 Å². The smallest absolute Gasteiger partial charge is 0.270 e. The molecule has 2 heterocycles. The highest BCUT2D eigenvalue weighted by molar-refractivity contribution is 6.05. The lowest BCUT2D eigenvalue weighted by Gasteiger charge is -2.29. The van der Waals surface area contributed by atoms with Crippen LogP contribution in [-0.4, -0.2) is 37.4 Å². The van der Waals surface area contributed by atoms with Gasteiger partial charge in [-0.2, -0.15) is 0 Å². The van der Waals surface area contributed by atoms with E-state index in [1.807, 2.05) is 42.5 Å². The molecule has 0 unspecified atom stereocenters. The van der Waals surface area contributed by atoms with Gasteiger partial charge in [0.05, 0.1) is 23.8 Å². The second kappa shape index (κ2) is 7.61. The van der Waals surface area contributed by atoms with Crippen LogP contribution in [0.5, 0.6) is 0 Å².